The zero-order valence-corrected chi connectivity index (χ0v) is 8.87. The number of carbonyl (C=O) groups is 1. The summed E-state index contributed by atoms with van der Waals surface area (Å²) in [6, 6.07) is 0. The maximum Gasteiger partial charge on any atom is 0.344 e. The summed E-state index contributed by atoms with van der Waals surface area (Å²) in [5.41, 5.74) is 0.229. The van der Waals surface area contributed by atoms with E-state index in [4.69, 9.17) is 4.74 Å². The fourth-order valence-corrected chi connectivity index (χ4v) is 1.32. The average Bonchev–Trinajstić information content (AvgIpc) is 2.18. The molecule has 0 amide bonds. The first-order valence-corrected chi connectivity index (χ1v) is 4.94. The molecule has 5 nitrogen and oxygen atoms in total. The number of nitrogens with zero attached hydrogens (tertiary/aromatic N) is 1. The molecule has 0 atom stereocenters. The molecule has 1 rings (SSSR count). The third kappa shape index (κ3) is 2.65. The van der Waals surface area contributed by atoms with Gasteiger partial charge in [-0.3, -0.25) is 4.79 Å². The highest BCUT2D eigenvalue weighted by molar-refractivity contribution is 5.90. The van der Waals surface area contributed by atoms with Gasteiger partial charge in [0.15, 0.2) is 0 Å². The minimum Gasteiger partial charge on any atom is -0.462 e. The third-order valence-electron chi connectivity index (χ3n) is 1.93. The fraction of sp³-hybridized carbons (Fsp3) is 0.500. The molecule has 0 aliphatic rings. The first kappa shape index (κ1) is 11.4. The van der Waals surface area contributed by atoms with Crippen molar-refractivity contribution in [1.82, 2.24) is 10.2 Å². The Kier molecular flexibility index (Phi) is 4.03. The number of hydrogen-bond acceptors (Lipinski definition) is 4. The largest absolute Gasteiger partial charge is 0.462 e. The number of nitrogens with one attached hydrogen (secondary N) is 1. The number of rotatable bonds is 4. The Balaban J connectivity index is 3.12. The molecule has 0 bridgehead atoms. The van der Waals surface area contributed by atoms with Crippen LogP contribution in [-0.2, 0) is 11.2 Å². The second-order valence-electron chi connectivity index (χ2n) is 3.07. The summed E-state index contributed by atoms with van der Waals surface area (Å²) < 4.78 is 4.81. The quantitative estimate of drug-likeness (QED) is 0.749. The predicted molar refractivity (Wildman–Crippen MR) is 54.8 cm³/mol. The van der Waals surface area contributed by atoms with Crippen LogP contribution in [0.1, 0.15) is 36.2 Å². The SMILES string of the molecule is CCCc1cn[nH]c(=O)c1C(=O)OCC. The smallest absolute Gasteiger partial charge is 0.344 e. The van der Waals surface area contributed by atoms with Crippen molar-refractivity contribution in [2.75, 3.05) is 6.61 Å². The first-order chi connectivity index (χ1) is 7.20. The molecule has 0 saturated heterocycles. The molecule has 1 aromatic heterocycles. The van der Waals surface area contributed by atoms with E-state index >= 15 is 0 Å². The van der Waals surface area contributed by atoms with Gasteiger partial charge in [-0.25, -0.2) is 9.89 Å². The summed E-state index contributed by atoms with van der Waals surface area (Å²) in [7, 11) is 0. The molecule has 0 aliphatic carbocycles. The highest BCUT2D eigenvalue weighted by Gasteiger charge is 2.16. The van der Waals surface area contributed by atoms with Crippen molar-refractivity contribution in [3.05, 3.63) is 27.7 Å². The number of aromatic amines is 1. The molecule has 82 valence electrons. The van der Waals surface area contributed by atoms with E-state index in [1.165, 1.54) is 6.20 Å². The summed E-state index contributed by atoms with van der Waals surface area (Å²) in [5, 5.41) is 5.89. The minimum absolute atomic E-state index is 0.0775. The molecule has 0 aliphatic heterocycles. The summed E-state index contributed by atoms with van der Waals surface area (Å²) in [6.07, 6.45) is 2.99. The molecule has 0 unspecified atom stereocenters. The van der Waals surface area contributed by atoms with Crippen molar-refractivity contribution in [2.24, 2.45) is 0 Å². The van der Waals surface area contributed by atoms with Crippen molar-refractivity contribution in [1.29, 1.82) is 0 Å². The molecule has 1 heterocycles. The normalized spacial score (nSPS) is 10.0. The molecule has 0 saturated carbocycles. The van der Waals surface area contributed by atoms with Crippen molar-refractivity contribution >= 4 is 5.97 Å². The second kappa shape index (κ2) is 5.29. The molecular formula is C10H14N2O3. The van der Waals surface area contributed by atoms with Crippen molar-refractivity contribution in [2.45, 2.75) is 26.7 Å². The number of H-pyrrole nitrogens is 1. The molecule has 5 heteroatoms. The summed E-state index contributed by atoms with van der Waals surface area (Å²) in [5.74, 6) is -0.579. The van der Waals surface area contributed by atoms with Crippen molar-refractivity contribution in [3.8, 4) is 0 Å². The van der Waals surface area contributed by atoms with Crippen LogP contribution >= 0.6 is 0 Å². The second-order valence-corrected chi connectivity index (χ2v) is 3.07. The van der Waals surface area contributed by atoms with Crippen LogP contribution in [-0.4, -0.2) is 22.8 Å². The van der Waals surface area contributed by atoms with Crippen LogP contribution in [0.2, 0.25) is 0 Å². The molecule has 1 aromatic rings. The van der Waals surface area contributed by atoms with Gasteiger partial charge in [-0.1, -0.05) is 13.3 Å². The molecule has 0 spiro atoms. The van der Waals surface area contributed by atoms with Gasteiger partial charge in [0.05, 0.1) is 12.8 Å². The number of ether oxygens (including phenoxy) is 1. The molecular weight excluding hydrogens is 196 g/mol. The lowest BCUT2D eigenvalue weighted by molar-refractivity contribution is 0.0522. The average molecular weight is 210 g/mol. The number of aromatic nitrogens is 2. The molecule has 1 N–H and O–H groups in total. The summed E-state index contributed by atoms with van der Waals surface area (Å²) in [4.78, 5) is 22.9. The predicted octanol–water partition coefficient (Wildman–Crippen LogP) is 0.899. The third-order valence-corrected chi connectivity index (χ3v) is 1.93. The highest BCUT2D eigenvalue weighted by atomic mass is 16.5. The zero-order chi connectivity index (χ0) is 11.3. The zero-order valence-electron chi connectivity index (χ0n) is 8.87. The van der Waals surface area contributed by atoms with Crippen LogP contribution in [0.25, 0.3) is 0 Å². The van der Waals surface area contributed by atoms with Crippen LogP contribution in [0.3, 0.4) is 0 Å². The van der Waals surface area contributed by atoms with Crippen LogP contribution < -0.4 is 5.56 Å². The van der Waals surface area contributed by atoms with Crippen LogP contribution in [0.15, 0.2) is 11.0 Å². The number of hydrogen-bond donors (Lipinski definition) is 1. The fourth-order valence-electron chi connectivity index (χ4n) is 1.32. The topological polar surface area (TPSA) is 72.0 Å². The summed E-state index contributed by atoms with van der Waals surface area (Å²) in [6.45, 7) is 3.93. The molecule has 0 fully saturated rings. The van der Waals surface area contributed by atoms with E-state index in [0.717, 1.165) is 6.42 Å². The van der Waals surface area contributed by atoms with E-state index in [1.807, 2.05) is 6.92 Å². The van der Waals surface area contributed by atoms with Gasteiger partial charge >= 0.3 is 5.97 Å². The molecule has 0 aromatic carbocycles. The Morgan fingerprint density at radius 3 is 2.87 bits per heavy atom. The Labute approximate surface area is 87.5 Å². The van der Waals surface area contributed by atoms with Crippen LogP contribution in [0.5, 0.6) is 0 Å². The Hall–Kier alpha value is -1.65. The maximum absolute atomic E-state index is 11.5. The molecule has 15 heavy (non-hydrogen) atoms. The van der Waals surface area contributed by atoms with E-state index in [9.17, 15) is 9.59 Å². The van der Waals surface area contributed by atoms with Gasteiger partial charge in [0.25, 0.3) is 5.56 Å². The Morgan fingerprint density at radius 1 is 1.53 bits per heavy atom. The van der Waals surface area contributed by atoms with Crippen molar-refractivity contribution in [3.63, 3.8) is 0 Å². The monoisotopic (exact) mass is 210 g/mol. The molecule has 0 radical (unpaired) electrons. The van der Waals surface area contributed by atoms with Crippen LogP contribution in [0.4, 0.5) is 0 Å². The standard InChI is InChI=1S/C10H14N2O3/c1-3-5-7-6-11-12-9(13)8(7)10(14)15-4-2/h6H,3-5H2,1-2H3,(H,12,13). The lowest BCUT2D eigenvalue weighted by atomic mass is 10.1. The lowest BCUT2D eigenvalue weighted by Crippen LogP contribution is -2.23. The van der Waals surface area contributed by atoms with E-state index < -0.39 is 11.5 Å². The van der Waals surface area contributed by atoms with E-state index in [0.29, 0.717) is 12.0 Å². The van der Waals surface area contributed by atoms with Gasteiger partial charge in [0, 0.05) is 0 Å². The summed E-state index contributed by atoms with van der Waals surface area (Å²) >= 11 is 0. The van der Waals surface area contributed by atoms with Crippen molar-refractivity contribution < 1.29 is 9.53 Å². The highest BCUT2D eigenvalue weighted by Crippen LogP contribution is 2.06. The van der Waals surface area contributed by atoms with Gasteiger partial charge in [0.1, 0.15) is 5.56 Å². The maximum atomic E-state index is 11.5. The van der Waals surface area contributed by atoms with Gasteiger partial charge in [0.2, 0.25) is 0 Å². The van der Waals surface area contributed by atoms with E-state index in [-0.39, 0.29) is 12.2 Å². The van der Waals surface area contributed by atoms with E-state index in [1.54, 1.807) is 6.92 Å². The number of esters is 1. The Morgan fingerprint density at radius 2 is 2.27 bits per heavy atom. The van der Waals surface area contributed by atoms with Gasteiger partial charge < -0.3 is 4.74 Å². The van der Waals surface area contributed by atoms with Crippen LogP contribution in [0, 0.1) is 0 Å². The van der Waals surface area contributed by atoms with Gasteiger partial charge in [-0.15, -0.1) is 0 Å². The number of aryl methyl sites for hydroxylation is 1. The van der Waals surface area contributed by atoms with Gasteiger partial charge in [-0.2, -0.15) is 5.10 Å². The lowest BCUT2D eigenvalue weighted by Gasteiger charge is -2.05. The first-order valence-electron chi connectivity index (χ1n) is 4.94. The van der Waals surface area contributed by atoms with Gasteiger partial charge in [-0.05, 0) is 18.9 Å². The number of carbonyl (C=O) groups excluding carboxylic acids is 1. The minimum atomic E-state index is -0.579. The Bertz CT molecular complexity index is 398. The van der Waals surface area contributed by atoms with E-state index in [2.05, 4.69) is 10.2 Å².